The lowest BCUT2D eigenvalue weighted by Gasteiger charge is -2.43. The molecule has 1 saturated heterocycles. The average molecular weight is 464 g/mol. The number of carbonyl (C=O) groups is 1. The monoisotopic (exact) mass is 463 g/mol. The number of piperazine rings is 1. The number of nitro groups is 1. The Labute approximate surface area is 186 Å². The fraction of sp³-hybridized carbons (Fsp3) is 0.381. The minimum absolute atomic E-state index is 0.0440. The van der Waals surface area contributed by atoms with Crippen LogP contribution in [0, 0.1) is 10.1 Å². The highest BCUT2D eigenvalue weighted by atomic mass is 32.2. The van der Waals surface area contributed by atoms with Crippen LogP contribution in [0.4, 0.5) is 11.4 Å². The molecule has 1 fully saturated rings. The molecule has 0 aliphatic carbocycles. The number of nitrogens with zero attached hydrogens (tertiary/aromatic N) is 3. The van der Waals surface area contributed by atoms with Crippen LogP contribution >= 0.6 is 0 Å². The smallest absolute Gasteiger partial charge is 0.340 e. The van der Waals surface area contributed by atoms with Crippen LogP contribution in [0.5, 0.6) is 0 Å². The number of methoxy groups -OCH3 is 1. The molecule has 2 aromatic carbocycles. The fourth-order valence-corrected chi connectivity index (χ4v) is 4.13. The number of anilines is 1. The van der Waals surface area contributed by atoms with E-state index in [1.807, 2.05) is 35.2 Å². The van der Waals surface area contributed by atoms with Gasteiger partial charge in [-0.3, -0.25) is 19.2 Å². The summed E-state index contributed by atoms with van der Waals surface area (Å²) in [6.45, 7) is 2.13. The van der Waals surface area contributed by atoms with E-state index in [1.54, 1.807) is 0 Å². The van der Waals surface area contributed by atoms with E-state index in [1.165, 1.54) is 25.3 Å². The van der Waals surface area contributed by atoms with Gasteiger partial charge in [-0.1, -0.05) is 30.3 Å². The van der Waals surface area contributed by atoms with Gasteiger partial charge in [0.2, 0.25) is 0 Å². The number of esters is 1. The van der Waals surface area contributed by atoms with Crippen LogP contribution in [-0.2, 0) is 25.6 Å². The van der Waals surface area contributed by atoms with Crippen molar-refractivity contribution in [3.05, 3.63) is 69.8 Å². The summed E-state index contributed by atoms with van der Waals surface area (Å²) >= 11 is 0. The summed E-state index contributed by atoms with van der Waals surface area (Å²) < 4.78 is 33.2. The Balaban J connectivity index is 1.91. The minimum atomic E-state index is -3.68. The van der Waals surface area contributed by atoms with E-state index in [0.717, 1.165) is 11.8 Å². The van der Waals surface area contributed by atoms with Gasteiger partial charge in [0.1, 0.15) is 0 Å². The maximum Gasteiger partial charge on any atom is 0.340 e. The number of hydrogen-bond donors (Lipinski definition) is 0. The summed E-state index contributed by atoms with van der Waals surface area (Å²) in [5.41, 5.74) is 1.36. The summed E-state index contributed by atoms with van der Waals surface area (Å²) in [7, 11) is -2.48. The molecule has 10 nitrogen and oxygen atoms in total. The van der Waals surface area contributed by atoms with Crippen molar-refractivity contribution >= 4 is 27.5 Å². The molecule has 1 heterocycles. The van der Waals surface area contributed by atoms with Gasteiger partial charge in [0, 0.05) is 38.3 Å². The first kappa shape index (κ1) is 23.6. The number of nitro benzene ring substituents is 1. The second-order valence-corrected chi connectivity index (χ2v) is 9.15. The van der Waals surface area contributed by atoms with Gasteiger partial charge in [-0.05, 0) is 11.6 Å². The molecule has 1 atom stereocenters. The highest BCUT2D eigenvalue weighted by Gasteiger charge is 2.32. The summed E-state index contributed by atoms with van der Waals surface area (Å²) in [5, 5.41) is 11.2. The van der Waals surface area contributed by atoms with Crippen molar-refractivity contribution in [2.75, 3.05) is 44.5 Å². The number of rotatable bonds is 8. The predicted octanol–water partition coefficient (Wildman–Crippen LogP) is 2.05. The predicted molar refractivity (Wildman–Crippen MR) is 118 cm³/mol. The molecule has 2 aromatic rings. The first-order valence-electron chi connectivity index (χ1n) is 9.92. The van der Waals surface area contributed by atoms with Gasteiger partial charge in [0.25, 0.3) is 15.8 Å². The molecule has 3 rings (SSSR count). The summed E-state index contributed by atoms with van der Waals surface area (Å²) in [5.74, 6) is -0.710. The van der Waals surface area contributed by atoms with Crippen LogP contribution in [0.1, 0.15) is 15.9 Å². The topological polar surface area (TPSA) is 119 Å². The second kappa shape index (κ2) is 10.1. The Morgan fingerprint density at radius 2 is 1.91 bits per heavy atom. The number of hydrogen-bond acceptors (Lipinski definition) is 9. The maximum absolute atomic E-state index is 12.4. The minimum Gasteiger partial charge on any atom is -0.465 e. The van der Waals surface area contributed by atoms with Gasteiger partial charge in [0.05, 0.1) is 42.2 Å². The van der Waals surface area contributed by atoms with E-state index in [0.29, 0.717) is 31.9 Å². The van der Waals surface area contributed by atoms with E-state index in [2.05, 4.69) is 4.90 Å². The molecule has 1 aliphatic heterocycles. The Morgan fingerprint density at radius 1 is 1.19 bits per heavy atom. The van der Waals surface area contributed by atoms with Crippen LogP contribution in [0.2, 0.25) is 0 Å². The molecule has 0 bridgehead atoms. The molecule has 11 heteroatoms. The standard InChI is InChI=1S/C21H25N3O7S/c1-30-21(25)19-12-17(24(26)27)8-9-20(19)23-11-10-22(13-16-6-4-3-5-7-16)14-18(23)15-31-32(2,28)29/h3-9,12,18H,10-11,13-15H2,1-2H3. The van der Waals surface area contributed by atoms with Gasteiger partial charge in [-0.2, -0.15) is 8.42 Å². The lowest BCUT2D eigenvalue weighted by atomic mass is 10.1. The second-order valence-electron chi connectivity index (χ2n) is 7.51. The lowest BCUT2D eigenvalue weighted by Crippen LogP contribution is -2.55. The van der Waals surface area contributed by atoms with Crippen LogP contribution in [0.15, 0.2) is 48.5 Å². The highest BCUT2D eigenvalue weighted by molar-refractivity contribution is 7.85. The van der Waals surface area contributed by atoms with Crippen molar-refractivity contribution in [2.45, 2.75) is 12.6 Å². The van der Waals surface area contributed by atoms with E-state index in [-0.39, 0.29) is 17.9 Å². The number of benzene rings is 2. The van der Waals surface area contributed by atoms with Crippen molar-refractivity contribution in [2.24, 2.45) is 0 Å². The van der Waals surface area contributed by atoms with E-state index >= 15 is 0 Å². The van der Waals surface area contributed by atoms with E-state index in [9.17, 15) is 23.3 Å². The Hall–Kier alpha value is -3.02. The molecule has 172 valence electrons. The average Bonchev–Trinajstić information content (AvgIpc) is 2.77. The highest BCUT2D eigenvalue weighted by Crippen LogP contribution is 2.30. The molecule has 32 heavy (non-hydrogen) atoms. The van der Waals surface area contributed by atoms with Gasteiger partial charge < -0.3 is 9.64 Å². The first-order chi connectivity index (χ1) is 15.2. The third kappa shape index (κ3) is 6.02. The maximum atomic E-state index is 12.4. The van der Waals surface area contributed by atoms with Crippen LogP contribution in [-0.4, -0.2) is 69.9 Å². The molecule has 0 aromatic heterocycles. The lowest BCUT2D eigenvalue weighted by molar-refractivity contribution is -0.384. The Kier molecular flexibility index (Phi) is 7.44. The molecule has 0 spiro atoms. The van der Waals surface area contributed by atoms with Crippen LogP contribution in [0.25, 0.3) is 0 Å². The van der Waals surface area contributed by atoms with Crippen LogP contribution < -0.4 is 4.90 Å². The van der Waals surface area contributed by atoms with Crippen molar-refractivity contribution < 1.29 is 27.1 Å². The number of non-ortho nitro benzene ring substituents is 1. The molecular weight excluding hydrogens is 438 g/mol. The summed E-state index contributed by atoms with van der Waals surface area (Å²) in [6, 6.07) is 13.4. The van der Waals surface area contributed by atoms with Gasteiger partial charge in [-0.25, -0.2) is 4.79 Å². The molecule has 0 radical (unpaired) electrons. The van der Waals surface area contributed by atoms with Crippen molar-refractivity contribution in [3.8, 4) is 0 Å². The molecular formula is C21H25N3O7S. The van der Waals surface area contributed by atoms with Gasteiger partial charge >= 0.3 is 5.97 Å². The molecule has 0 saturated carbocycles. The van der Waals surface area contributed by atoms with E-state index < -0.39 is 27.1 Å². The Bertz CT molecular complexity index is 1080. The van der Waals surface area contributed by atoms with Gasteiger partial charge in [0.15, 0.2) is 0 Å². The Morgan fingerprint density at radius 3 is 2.53 bits per heavy atom. The molecule has 0 amide bonds. The molecule has 0 N–H and O–H groups in total. The zero-order chi connectivity index (χ0) is 23.3. The fourth-order valence-electron chi connectivity index (χ4n) is 3.73. The summed E-state index contributed by atoms with van der Waals surface area (Å²) in [4.78, 5) is 27.0. The van der Waals surface area contributed by atoms with Crippen molar-refractivity contribution in [1.29, 1.82) is 0 Å². The number of carbonyl (C=O) groups excluding carboxylic acids is 1. The van der Waals surface area contributed by atoms with Crippen LogP contribution in [0.3, 0.4) is 0 Å². The third-order valence-corrected chi connectivity index (χ3v) is 5.76. The van der Waals surface area contributed by atoms with Crippen molar-refractivity contribution in [1.82, 2.24) is 4.90 Å². The normalized spacial score (nSPS) is 17.2. The summed E-state index contributed by atoms with van der Waals surface area (Å²) in [6.07, 6.45) is 0.980. The van der Waals surface area contributed by atoms with E-state index in [4.69, 9.17) is 8.92 Å². The van der Waals surface area contributed by atoms with Gasteiger partial charge in [-0.15, -0.1) is 0 Å². The quantitative estimate of drug-likeness (QED) is 0.251. The first-order valence-corrected chi connectivity index (χ1v) is 11.7. The third-order valence-electron chi connectivity index (χ3n) is 5.20. The molecule has 1 unspecified atom stereocenters. The molecule has 1 aliphatic rings. The number of ether oxygens (including phenoxy) is 1. The zero-order valence-corrected chi connectivity index (χ0v) is 18.7. The SMILES string of the molecule is COC(=O)c1cc([N+](=O)[O-])ccc1N1CCN(Cc2ccccc2)CC1COS(C)(=O)=O. The largest absolute Gasteiger partial charge is 0.465 e. The van der Waals surface area contributed by atoms with Crippen molar-refractivity contribution in [3.63, 3.8) is 0 Å². The zero-order valence-electron chi connectivity index (χ0n) is 17.8.